The molecule has 0 saturated carbocycles. The van der Waals surface area contributed by atoms with Crippen molar-refractivity contribution in [2.75, 3.05) is 13.2 Å². The number of carboxylic acid groups (broad SMARTS) is 1. The maximum absolute atomic E-state index is 11.6. The molecule has 1 unspecified atom stereocenters. The summed E-state index contributed by atoms with van der Waals surface area (Å²) in [6, 6.07) is 15.2. The van der Waals surface area contributed by atoms with Gasteiger partial charge in [-0.1, -0.05) is 30.3 Å². The number of fused-ring (bicyclic) bond motifs is 1. The van der Waals surface area contributed by atoms with Crippen molar-refractivity contribution < 1.29 is 33.5 Å². The summed E-state index contributed by atoms with van der Waals surface area (Å²) in [7, 11) is -4.79. The van der Waals surface area contributed by atoms with E-state index in [1.54, 1.807) is 12.1 Å². The molecule has 0 amide bonds. The van der Waals surface area contributed by atoms with Crippen LogP contribution in [0.1, 0.15) is 48.9 Å². The molecule has 0 fully saturated rings. The lowest BCUT2D eigenvalue weighted by molar-refractivity contribution is -0.136. The summed E-state index contributed by atoms with van der Waals surface area (Å²) in [5, 5.41) is 21.7. The first kappa shape index (κ1) is 27.9. The number of ether oxygens (including phenoxy) is 1. The summed E-state index contributed by atoms with van der Waals surface area (Å²) < 4.78 is 22.3. The zero-order valence-corrected chi connectivity index (χ0v) is 21.4. The molecule has 3 rings (SSSR count). The van der Waals surface area contributed by atoms with Gasteiger partial charge < -0.3 is 24.9 Å². The third-order valence-electron chi connectivity index (χ3n) is 6.25. The highest BCUT2D eigenvalue weighted by Crippen LogP contribution is 2.38. The standard InChI is InChI=1S/C26H33N2O7P/c1-26(2,14-19-11-20-5-3-4-6-21(20)12-19)28-16-23(35-36(31,32)33)17-34-24-13-18(8-10-25(29)30)7-9-22(24)15-27/h3-7,9,13,19,23,28H,8,10-12,14,16-17H2,1-2H3,(H,29,30)(H2,31,32,33). The molecule has 0 bridgehead atoms. The third-order valence-corrected chi connectivity index (χ3v) is 6.82. The smallest absolute Gasteiger partial charge is 0.470 e. The van der Waals surface area contributed by atoms with E-state index in [1.165, 1.54) is 17.2 Å². The van der Waals surface area contributed by atoms with Gasteiger partial charge in [0.15, 0.2) is 0 Å². The average Bonchev–Trinajstić information content (AvgIpc) is 3.20. The molecule has 2 aromatic carbocycles. The number of nitrogens with zero attached hydrogens (tertiary/aromatic N) is 1. The highest BCUT2D eigenvalue weighted by molar-refractivity contribution is 7.46. The fourth-order valence-electron chi connectivity index (χ4n) is 4.67. The van der Waals surface area contributed by atoms with Crippen LogP contribution in [-0.4, -0.2) is 45.7 Å². The van der Waals surface area contributed by atoms with Crippen LogP contribution in [0.15, 0.2) is 42.5 Å². The maximum Gasteiger partial charge on any atom is 0.470 e. The minimum absolute atomic E-state index is 0.0691. The van der Waals surface area contributed by atoms with Crippen molar-refractivity contribution in [3.05, 3.63) is 64.7 Å². The van der Waals surface area contributed by atoms with Crippen LogP contribution in [0.4, 0.5) is 0 Å². The van der Waals surface area contributed by atoms with Gasteiger partial charge in [0.1, 0.15) is 24.5 Å². The first-order valence-electron chi connectivity index (χ1n) is 11.9. The average molecular weight is 517 g/mol. The highest BCUT2D eigenvalue weighted by Gasteiger charge is 2.30. The van der Waals surface area contributed by atoms with Crippen molar-refractivity contribution >= 4 is 13.8 Å². The predicted molar refractivity (Wildman–Crippen MR) is 134 cm³/mol. The Balaban J connectivity index is 1.62. The predicted octanol–water partition coefficient (Wildman–Crippen LogP) is 3.61. The van der Waals surface area contributed by atoms with Gasteiger partial charge in [-0.2, -0.15) is 5.26 Å². The molecular weight excluding hydrogens is 483 g/mol. The number of rotatable bonds is 13. The number of phosphoric acid groups is 1. The molecule has 2 aromatic rings. The summed E-state index contributed by atoms with van der Waals surface area (Å²) in [5.74, 6) is -0.260. The Labute approximate surface area is 211 Å². The van der Waals surface area contributed by atoms with Crippen molar-refractivity contribution in [1.82, 2.24) is 5.32 Å². The Kier molecular flexibility index (Phi) is 9.29. The molecule has 10 heteroatoms. The van der Waals surface area contributed by atoms with Crippen LogP contribution >= 0.6 is 7.82 Å². The number of aryl methyl sites for hydroxylation is 1. The van der Waals surface area contributed by atoms with Crippen LogP contribution in [0.25, 0.3) is 0 Å². The van der Waals surface area contributed by atoms with Gasteiger partial charge in [-0.25, -0.2) is 4.57 Å². The van der Waals surface area contributed by atoms with Crippen LogP contribution in [-0.2, 0) is 33.1 Å². The first-order valence-corrected chi connectivity index (χ1v) is 13.4. The van der Waals surface area contributed by atoms with Gasteiger partial charge in [0.25, 0.3) is 0 Å². The van der Waals surface area contributed by atoms with E-state index >= 15 is 0 Å². The molecular formula is C26H33N2O7P. The van der Waals surface area contributed by atoms with Crippen molar-refractivity contribution in [1.29, 1.82) is 5.26 Å². The van der Waals surface area contributed by atoms with Crippen LogP contribution in [0, 0.1) is 17.2 Å². The topological polar surface area (TPSA) is 149 Å². The lowest BCUT2D eigenvalue weighted by Gasteiger charge is -2.31. The van der Waals surface area contributed by atoms with E-state index in [4.69, 9.17) is 14.4 Å². The second-order valence-electron chi connectivity index (χ2n) is 9.88. The van der Waals surface area contributed by atoms with Crippen molar-refractivity contribution in [2.45, 2.75) is 57.6 Å². The molecule has 9 nitrogen and oxygen atoms in total. The molecule has 0 aliphatic heterocycles. The molecule has 0 radical (unpaired) electrons. The van der Waals surface area contributed by atoms with Crippen LogP contribution in [0.2, 0.25) is 0 Å². The number of hydrogen-bond donors (Lipinski definition) is 4. The SMILES string of the molecule is CC(C)(CC1Cc2ccccc2C1)NCC(COc1cc(CCC(=O)O)ccc1C#N)OP(=O)(O)O. The highest BCUT2D eigenvalue weighted by atomic mass is 31.2. The molecule has 1 atom stereocenters. The summed E-state index contributed by atoms with van der Waals surface area (Å²) in [4.78, 5) is 29.7. The number of carbonyl (C=O) groups is 1. The van der Waals surface area contributed by atoms with E-state index in [2.05, 4.69) is 17.4 Å². The van der Waals surface area contributed by atoms with E-state index in [0.29, 0.717) is 11.5 Å². The summed E-state index contributed by atoms with van der Waals surface area (Å²) in [6.07, 6.45) is 2.08. The number of nitrogens with one attached hydrogen (secondary N) is 1. The van der Waals surface area contributed by atoms with E-state index in [9.17, 15) is 24.4 Å². The molecule has 4 N–H and O–H groups in total. The van der Waals surface area contributed by atoms with E-state index in [1.807, 2.05) is 32.0 Å². The van der Waals surface area contributed by atoms with Gasteiger partial charge in [0.05, 0.1) is 5.56 Å². The first-order chi connectivity index (χ1) is 16.9. The molecule has 194 valence electrons. The fourth-order valence-corrected chi connectivity index (χ4v) is 5.19. The number of benzene rings is 2. The quantitative estimate of drug-likeness (QED) is 0.293. The molecule has 0 saturated heterocycles. The number of nitriles is 1. The number of carboxylic acids is 1. The zero-order valence-electron chi connectivity index (χ0n) is 20.5. The van der Waals surface area contributed by atoms with Gasteiger partial charge in [-0.15, -0.1) is 0 Å². The number of phosphoric ester groups is 1. The summed E-state index contributed by atoms with van der Waals surface area (Å²) in [6.45, 7) is 4.01. The van der Waals surface area contributed by atoms with Gasteiger partial charge in [-0.3, -0.25) is 9.32 Å². The van der Waals surface area contributed by atoms with E-state index in [-0.39, 0.29) is 42.8 Å². The zero-order chi connectivity index (χ0) is 26.3. The third kappa shape index (κ3) is 8.74. The monoisotopic (exact) mass is 516 g/mol. The second kappa shape index (κ2) is 12.0. The van der Waals surface area contributed by atoms with E-state index < -0.39 is 19.9 Å². The summed E-state index contributed by atoms with van der Waals surface area (Å²) >= 11 is 0. The minimum Gasteiger partial charge on any atom is -0.489 e. The largest absolute Gasteiger partial charge is 0.489 e. The Bertz CT molecular complexity index is 1130. The molecule has 1 aliphatic rings. The number of hydrogen-bond acceptors (Lipinski definition) is 6. The summed E-state index contributed by atoms with van der Waals surface area (Å²) in [5.41, 5.74) is 3.33. The van der Waals surface area contributed by atoms with Crippen molar-refractivity contribution in [3.8, 4) is 11.8 Å². The molecule has 0 aromatic heterocycles. The molecule has 36 heavy (non-hydrogen) atoms. The van der Waals surface area contributed by atoms with Crippen LogP contribution in [0.5, 0.6) is 5.75 Å². The van der Waals surface area contributed by atoms with Gasteiger partial charge in [0, 0.05) is 18.5 Å². The Morgan fingerprint density at radius 1 is 1.22 bits per heavy atom. The second-order valence-corrected chi connectivity index (χ2v) is 11.1. The maximum atomic E-state index is 11.6. The molecule has 1 aliphatic carbocycles. The lowest BCUT2D eigenvalue weighted by Crippen LogP contribution is -2.46. The normalized spacial score (nSPS) is 14.8. The van der Waals surface area contributed by atoms with Crippen LogP contribution < -0.4 is 10.1 Å². The van der Waals surface area contributed by atoms with Gasteiger partial charge >= 0.3 is 13.8 Å². The van der Waals surface area contributed by atoms with E-state index in [0.717, 1.165) is 19.3 Å². The van der Waals surface area contributed by atoms with Crippen LogP contribution in [0.3, 0.4) is 0 Å². The number of aliphatic carboxylic acids is 1. The fraction of sp³-hybridized carbons (Fsp3) is 0.462. The Morgan fingerprint density at radius 3 is 2.47 bits per heavy atom. The lowest BCUT2D eigenvalue weighted by atomic mass is 9.88. The Morgan fingerprint density at radius 2 is 1.89 bits per heavy atom. The van der Waals surface area contributed by atoms with Crippen molar-refractivity contribution in [2.24, 2.45) is 5.92 Å². The Hall–Kier alpha value is -2.73. The van der Waals surface area contributed by atoms with Gasteiger partial charge in [0.2, 0.25) is 0 Å². The van der Waals surface area contributed by atoms with Crippen molar-refractivity contribution in [3.63, 3.8) is 0 Å². The minimum atomic E-state index is -4.79. The molecule has 0 spiro atoms. The van der Waals surface area contributed by atoms with Gasteiger partial charge in [-0.05, 0) is 74.3 Å². The molecule has 0 heterocycles.